The largest absolute Gasteiger partial charge is 0.331 e. The maximum absolute atomic E-state index is 12.3. The molecule has 0 radical (unpaired) electrons. The zero-order valence-electron chi connectivity index (χ0n) is 15.6. The molecule has 3 N–H and O–H groups in total. The van der Waals surface area contributed by atoms with Crippen LogP contribution in [0.15, 0.2) is 47.4 Å². The van der Waals surface area contributed by atoms with Crippen molar-refractivity contribution in [2.75, 3.05) is 5.32 Å². The average Bonchev–Trinajstić information content (AvgIpc) is 2.63. The minimum absolute atomic E-state index is 0.125. The molecular weight excluding hydrogens is 362 g/mol. The molecule has 0 aliphatic rings. The number of aryl methyl sites for hydroxylation is 3. The van der Waals surface area contributed by atoms with Crippen molar-refractivity contribution in [1.82, 2.24) is 10.9 Å². The molecule has 0 aromatic heterocycles. The van der Waals surface area contributed by atoms with Crippen LogP contribution in [-0.4, -0.2) is 16.3 Å². The van der Waals surface area contributed by atoms with Gasteiger partial charge in [-0.2, -0.15) is 0 Å². The zero-order valence-corrected chi connectivity index (χ0v) is 17.2. The summed E-state index contributed by atoms with van der Waals surface area (Å²) in [5.41, 5.74) is 9.96. The predicted molar refractivity (Wildman–Crippen MR) is 115 cm³/mol. The molecule has 0 saturated carbocycles. The number of carbonyl (C=O) groups excluding carboxylic acids is 1. The number of anilines is 1. The molecular formula is C20H25N3OS2. The van der Waals surface area contributed by atoms with Crippen LogP contribution in [-0.2, 0) is 11.2 Å². The molecule has 0 aliphatic carbocycles. The van der Waals surface area contributed by atoms with Crippen molar-refractivity contribution < 1.29 is 4.79 Å². The molecule has 0 unspecified atom stereocenters. The monoisotopic (exact) mass is 387 g/mol. The van der Waals surface area contributed by atoms with E-state index in [1.807, 2.05) is 57.2 Å². The molecule has 6 heteroatoms. The molecule has 26 heavy (non-hydrogen) atoms. The zero-order chi connectivity index (χ0) is 19.1. The fourth-order valence-electron chi connectivity index (χ4n) is 2.44. The van der Waals surface area contributed by atoms with E-state index in [4.69, 9.17) is 12.2 Å². The first-order chi connectivity index (χ1) is 12.4. The fourth-order valence-corrected chi connectivity index (χ4v) is 3.46. The van der Waals surface area contributed by atoms with E-state index in [1.165, 1.54) is 22.9 Å². The Hall–Kier alpha value is -2.05. The van der Waals surface area contributed by atoms with Crippen LogP contribution in [0.4, 0.5) is 5.69 Å². The van der Waals surface area contributed by atoms with Gasteiger partial charge >= 0.3 is 0 Å². The van der Waals surface area contributed by atoms with Crippen LogP contribution in [0.1, 0.15) is 30.5 Å². The third kappa shape index (κ3) is 5.75. The minimum atomic E-state index is -0.238. The Labute approximate surface area is 165 Å². The molecule has 1 atom stereocenters. The topological polar surface area (TPSA) is 53.2 Å². The summed E-state index contributed by atoms with van der Waals surface area (Å²) in [5.74, 6) is -0.125. The van der Waals surface area contributed by atoms with Crippen molar-refractivity contribution in [3.05, 3.63) is 59.2 Å². The average molecular weight is 388 g/mol. The summed E-state index contributed by atoms with van der Waals surface area (Å²) in [5, 5.41) is 3.31. The van der Waals surface area contributed by atoms with Crippen LogP contribution in [0.5, 0.6) is 0 Å². The molecule has 0 fully saturated rings. The highest BCUT2D eigenvalue weighted by atomic mass is 32.2. The molecule has 0 aliphatic heterocycles. The van der Waals surface area contributed by atoms with Gasteiger partial charge in [-0.3, -0.25) is 15.6 Å². The first kappa shape index (κ1) is 20.3. The standard InChI is InChI=1S/C20H25N3OS2/c1-5-16-8-6-7-14(3)18(16)21-20(25)23-22-19(24)15(4)26-17-11-9-13(2)10-12-17/h6-12,15H,5H2,1-4H3,(H,22,24)(H2,21,23,25)/t15-/m0/s1. The van der Waals surface area contributed by atoms with E-state index in [9.17, 15) is 4.79 Å². The van der Waals surface area contributed by atoms with E-state index in [0.717, 1.165) is 22.6 Å². The lowest BCUT2D eigenvalue weighted by molar-refractivity contribution is -0.120. The Morgan fingerprint density at radius 2 is 1.81 bits per heavy atom. The van der Waals surface area contributed by atoms with E-state index in [2.05, 4.69) is 29.2 Å². The minimum Gasteiger partial charge on any atom is -0.331 e. The third-order valence-electron chi connectivity index (χ3n) is 3.98. The highest BCUT2D eigenvalue weighted by molar-refractivity contribution is 8.00. The Balaban J connectivity index is 1.86. The van der Waals surface area contributed by atoms with Crippen molar-refractivity contribution in [2.45, 2.75) is 44.3 Å². The van der Waals surface area contributed by atoms with Crippen LogP contribution in [0.25, 0.3) is 0 Å². The number of hydrazine groups is 1. The molecule has 0 bridgehead atoms. The summed E-state index contributed by atoms with van der Waals surface area (Å²) >= 11 is 6.82. The van der Waals surface area contributed by atoms with Crippen molar-refractivity contribution >= 4 is 40.7 Å². The number of benzene rings is 2. The van der Waals surface area contributed by atoms with Gasteiger partial charge in [-0.1, -0.05) is 42.8 Å². The number of nitrogens with one attached hydrogen (secondary N) is 3. The summed E-state index contributed by atoms with van der Waals surface area (Å²) in [4.78, 5) is 13.3. The maximum atomic E-state index is 12.3. The first-order valence-corrected chi connectivity index (χ1v) is 9.88. The van der Waals surface area contributed by atoms with Gasteiger partial charge < -0.3 is 5.32 Å². The Kier molecular flexibility index (Phi) is 7.48. The van der Waals surface area contributed by atoms with Crippen LogP contribution >= 0.6 is 24.0 Å². The van der Waals surface area contributed by atoms with Crippen LogP contribution in [0.2, 0.25) is 0 Å². The normalized spacial score (nSPS) is 11.5. The first-order valence-electron chi connectivity index (χ1n) is 8.59. The number of hydrogen-bond donors (Lipinski definition) is 3. The second-order valence-electron chi connectivity index (χ2n) is 6.10. The SMILES string of the molecule is CCc1cccc(C)c1NC(=S)NNC(=O)[C@H](C)Sc1ccc(C)cc1. The quantitative estimate of drug-likeness (QED) is 0.404. The predicted octanol–water partition coefficient (Wildman–Crippen LogP) is 4.36. The summed E-state index contributed by atoms with van der Waals surface area (Å²) in [6.45, 7) is 8.04. The third-order valence-corrected chi connectivity index (χ3v) is 5.30. The van der Waals surface area contributed by atoms with E-state index >= 15 is 0 Å². The van der Waals surface area contributed by atoms with Gasteiger partial charge in [0.2, 0.25) is 0 Å². The Bertz CT molecular complexity index is 775. The van der Waals surface area contributed by atoms with Gasteiger partial charge in [-0.05, 0) is 62.7 Å². The Morgan fingerprint density at radius 1 is 1.12 bits per heavy atom. The smallest absolute Gasteiger partial charge is 0.251 e. The molecule has 138 valence electrons. The summed E-state index contributed by atoms with van der Waals surface area (Å²) in [6.07, 6.45) is 0.906. The lowest BCUT2D eigenvalue weighted by atomic mass is 10.1. The summed E-state index contributed by atoms with van der Waals surface area (Å²) in [6, 6.07) is 14.2. The summed E-state index contributed by atoms with van der Waals surface area (Å²) in [7, 11) is 0. The van der Waals surface area contributed by atoms with E-state index in [1.54, 1.807) is 0 Å². The van der Waals surface area contributed by atoms with Crippen LogP contribution in [0, 0.1) is 13.8 Å². The van der Waals surface area contributed by atoms with Crippen LogP contribution in [0.3, 0.4) is 0 Å². The van der Waals surface area contributed by atoms with Crippen molar-refractivity contribution in [2.24, 2.45) is 0 Å². The van der Waals surface area contributed by atoms with Gasteiger partial charge in [-0.15, -0.1) is 11.8 Å². The van der Waals surface area contributed by atoms with Gasteiger partial charge in [0.25, 0.3) is 5.91 Å². The van der Waals surface area contributed by atoms with E-state index < -0.39 is 0 Å². The van der Waals surface area contributed by atoms with Gasteiger partial charge in [0, 0.05) is 10.6 Å². The van der Waals surface area contributed by atoms with Crippen molar-refractivity contribution in [1.29, 1.82) is 0 Å². The van der Waals surface area contributed by atoms with Crippen molar-refractivity contribution in [3.8, 4) is 0 Å². The molecule has 0 heterocycles. The number of rotatable bonds is 5. The lowest BCUT2D eigenvalue weighted by Crippen LogP contribution is -2.46. The molecule has 2 aromatic rings. The molecule has 2 rings (SSSR count). The number of thiocarbonyl (C=S) groups is 1. The van der Waals surface area contributed by atoms with E-state index in [0.29, 0.717) is 5.11 Å². The van der Waals surface area contributed by atoms with Gasteiger partial charge in [0.05, 0.1) is 5.25 Å². The van der Waals surface area contributed by atoms with Gasteiger partial charge in [-0.25, -0.2) is 0 Å². The number of carbonyl (C=O) groups is 1. The number of hydrogen-bond acceptors (Lipinski definition) is 3. The van der Waals surface area contributed by atoms with Crippen LogP contribution < -0.4 is 16.2 Å². The Morgan fingerprint density at radius 3 is 2.46 bits per heavy atom. The molecule has 0 spiro atoms. The van der Waals surface area contributed by atoms with Gasteiger partial charge in [0.15, 0.2) is 5.11 Å². The number of amides is 1. The number of thioether (sulfide) groups is 1. The summed E-state index contributed by atoms with van der Waals surface area (Å²) < 4.78 is 0. The second-order valence-corrected chi connectivity index (χ2v) is 7.93. The van der Waals surface area contributed by atoms with Crippen molar-refractivity contribution in [3.63, 3.8) is 0 Å². The van der Waals surface area contributed by atoms with Gasteiger partial charge in [0.1, 0.15) is 0 Å². The fraction of sp³-hybridized carbons (Fsp3) is 0.300. The van der Waals surface area contributed by atoms with E-state index in [-0.39, 0.29) is 11.2 Å². The second kappa shape index (κ2) is 9.59. The molecule has 2 aromatic carbocycles. The number of para-hydroxylation sites is 1. The molecule has 0 saturated heterocycles. The highest BCUT2D eigenvalue weighted by Gasteiger charge is 2.15. The highest BCUT2D eigenvalue weighted by Crippen LogP contribution is 2.23. The molecule has 4 nitrogen and oxygen atoms in total. The lowest BCUT2D eigenvalue weighted by Gasteiger charge is -2.17. The molecule has 1 amide bonds. The maximum Gasteiger partial charge on any atom is 0.251 e.